The maximum absolute atomic E-state index is 13.1. The molecule has 0 unspecified atom stereocenters. The SMILES string of the molecule is NCCCCCCC(=O)N(Cc1ccccc1C(F)(F)F)C1CC1. The summed E-state index contributed by atoms with van der Waals surface area (Å²) in [7, 11) is 0. The highest BCUT2D eigenvalue weighted by Crippen LogP contribution is 2.35. The molecule has 1 aromatic carbocycles. The van der Waals surface area contributed by atoms with E-state index >= 15 is 0 Å². The number of halogens is 3. The molecule has 1 amide bonds. The molecule has 1 fully saturated rings. The Bertz CT molecular complexity index is 541. The third-order valence-electron chi connectivity index (χ3n) is 4.32. The van der Waals surface area contributed by atoms with Crippen molar-refractivity contribution in [3.63, 3.8) is 0 Å². The van der Waals surface area contributed by atoms with Crippen LogP contribution in [-0.4, -0.2) is 23.4 Å². The van der Waals surface area contributed by atoms with Crippen LogP contribution in [0.25, 0.3) is 0 Å². The highest BCUT2D eigenvalue weighted by atomic mass is 19.4. The van der Waals surface area contributed by atoms with Gasteiger partial charge in [0.05, 0.1) is 5.56 Å². The number of nitrogens with zero attached hydrogens (tertiary/aromatic N) is 1. The van der Waals surface area contributed by atoms with Gasteiger partial charge in [-0.15, -0.1) is 0 Å². The van der Waals surface area contributed by atoms with E-state index in [1.807, 2.05) is 0 Å². The lowest BCUT2D eigenvalue weighted by molar-refractivity contribution is -0.140. The summed E-state index contributed by atoms with van der Waals surface area (Å²) in [5.74, 6) is -0.0396. The topological polar surface area (TPSA) is 46.3 Å². The molecule has 2 rings (SSSR count). The summed E-state index contributed by atoms with van der Waals surface area (Å²) in [4.78, 5) is 14.1. The summed E-state index contributed by atoms with van der Waals surface area (Å²) < 4.78 is 39.4. The van der Waals surface area contributed by atoms with E-state index in [1.54, 1.807) is 11.0 Å². The predicted molar refractivity (Wildman–Crippen MR) is 87.2 cm³/mol. The number of carbonyl (C=O) groups excluding carboxylic acids is 1. The van der Waals surface area contributed by atoms with Crippen molar-refractivity contribution in [2.75, 3.05) is 6.54 Å². The van der Waals surface area contributed by atoms with Gasteiger partial charge in [0.15, 0.2) is 0 Å². The summed E-state index contributed by atoms with van der Waals surface area (Å²) >= 11 is 0. The van der Waals surface area contributed by atoms with Crippen LogP contribution in [0, 0.1) is 0 Å². The van der Waals surface area contributed by atoms with Crippen molar-refractivity contribution in [1.82, 2.24) is 4.90 Å². The summed E-state index contributed by atoms with van der Waals surface area (Å²) in [6.07, 6.45) is 1.40. The van der Waals surface area contributed by atoms with E-state index in [2.05, 4.69) is 0 Å². The van der Waals surface area contributed by atoms with Gasteiger partial charge in [0, 0.05) is 19.0 Å². The quantitative estimate of drug-likeness (QED) is 0.687. The van der Waals surface area contributed by atoms with Crippen molar-refractivity contribution in [3.8, 4) is 0 Å². The molecule has 24 heavy (non-hydrogen) atoms. The maximum atomic E-state index is 13.1. The second kappa shape index (κ2) is 8.51. The van der Waals surface area contributed by atoms with E-state index in [0.29, 0.717) is 13.0 Å². The molecule has 0 atom stereocenters. The lowest BCUT2D eigenvalue weighted by Gasteiger charge is -2.24. The zero-order valence-electron chi connectivity index (χ0n) is 13.8. The molecule has 2 N–H and O–H groups in total. The molecule has 134 valence electrons. The predicted octanol–water partition coefficient (Wildman–Crippen LogP) is 4.11. The zero-order valence-corrected chi connectivity index (χ0v) is 13.8. The van der Waals surface area contributed by atoms with Crippen molar-refractivity contribution >= 4 is 5.91 Å². The molecule has 0 spiro atoms. The average Bonchev–Trinajstić information content (AvgIpc) is 3.36. The molecule has 3 nitrogen and oxygen atoms in total. The van der Waals surface area contributed by atoms with Gasteiger partial charge in [0.2, 0.25) is 5.91 Å². The number of carbonyl (C=O) groups is 1. The van der Waals surface area contributed by atoms with Gasteiger partial charge in [0.1, 0.15) is 0 Å². The first kappa shape index (κ1) is 18.8. The second-order valence-corrected chi connectivity index (χ2v) is 6.36. The minimum Gasteiger partial charge on any atom is -0.335 e. The fraction of sp³-hybridized carbons (Fsp3) is 0.611. The van der Waals surface area contributed by atoms with Gasteiger partial charge in [-0.2, -0.15) is 13.2 Å². The van der Waals surface area contributed by atoms with Crippen molar-refractivity contribution < 1.29 is 18.0 Å². The van der Waals surface area contributed by atoms with Gasteiger partial charge < -0.3 is 10.6 Å². The van der Waals surface area contributed by atoms with Crippen LogP contribution in [0.1, 0.15) is 56.1 Å². The summed E-state index contributed by atoms with van der Waals surface area (Å²) in [5.41, 5.74) is 4.96. The van der Waals surface area contributed by atoms with Crippen LogP contribution in [0.3, 0.4) is 0 Å². The molecule has 0 aromatic heterocycles. The largest absolute Gasteiger partial charge is 0.416 e. The molecule has 1 aliphatic carbocycles. The number of unbranched alkanes of at least 4 members (excludes halogenated alkanes) is 3. The van der Waals surface area contributed by atoms with Gasteiger partial charge in [-0.3, -0.25) is 4.79 Å². The lowest BCUT2D eigenvalue weighted by Crippen LogP contribution is -2.33. The number of rotatable bonds is 9. The fourth-order valence-corrected chi connectivity index (χ4v) is 2.84. The van der Waals surface area contributed by atoms with E-state index in [-0.39, 0.29) is 24.1 Å². The molecule has 0 heterocycles. The molecule has 0 radical (unpaired) electrons. The molecule has 1 aliphatic rings. The maximum Gasteiger partial charge on any atom is 0.416 e. The smallest absolute Gasteiger partial charge is 0.335 e. The lowest BCUT2D eigenvalue weighted by atomic mass is 10.1. The summed E-state index contributed by atoms with van der Waals surface area (Å²) in [6.45, 7) is 0.693. The Morgan fingerprint density at radius 1 is 1.12 bits per heavy atom. The Hall–Kier alpha value is -1.56. The zero-order chi connectivity index (χ0) is 17.6. The first-order valence-electron chi connectivity index (χ1n) is 8.58. The van der Waals surface area contributed by atoms with Crippen molar-refractivity contribution in [2.45, 2.75) is 63.7 Å². The summed E-state index contributed by atoms with van der Waals surface area (Å²) in [6, 6.07) is 5.62. The standard InChI is InChI=1S/C18H25F3N2O/c19-18(20,21)16-8-5-4-7-14(16)13-23(15-10-11-15)17(24)9-3-1-2-6-12-22/h4-5,7-8,15H,1-3,6,9-13,22H2. The van der Waals surface area contributed by atoms with Crippen LogP contribution in [-0.2, 0) is 17.5 Å². The Morgan fingerprint density at radius 3 is 2.42 bits per heavy atom. The van der Waals surface area contributed by atoms with Crippen LogP contribution in [0.2, 0.25) is 0 Å². The van der Waals surface area contributed by atoms with E-state index in [0.717, 1.165) is 44.6 Å². The molecule has 0 aliphatic heterocycles. The molecular formula is C18H25F3N2O. The number of alkyl halides is 3. The van der Waals surface area contributed by atoms with Gasteiger partial charge in [-0.1, -0.05) is 31.0 Å². The van der Waals surface area contributed by atoms with Crippen molar-refractivity contribution in [2.24, 2.45) is 5.73 Å². The molecule has 0 bridgehead atoms. The first-order valence-corrected chi connectivity index (χ1v) is 8.58. The van der Waals surface area contributed by atoms with Gasteiger partial charge in [-0.25, -0.2) is 0 Å². The van der Waals surface area contributed by atoms with Crippen LogP contribution in [0.5, 0.6) is 0 Å². The number of hydrogen-bond acceptors (Lipinski definition) is 2. The number of amides is 1. The van der Waals surface area contributed by atoms with Crippen molar-refractivity contribution in [3.05, 3.63) is 35.4 Å². The highest BCUT2D eigenvalue weighted by molar-refractivity contribution is 5.76. The first-order chi connectivity index (χ1) is 11.4. The van der Waals surface area contributed by atoms with Crippen LogP contribution in [0.4, 0.5) is 13.2 Å². The Balaban J connectivity index is 1.98. The van der Waals surface area contributed by atoms with Crippen molar-refractivity contribution in [1.29, 1.82) is 0 Å². The van der Waals surface area contributed by atoms with E-state index in [9.17, 15) is 18.0 Å². The summed E-state index contributed by atoms with van der Waals surface area (Å²) in [5, 5.41) is 0. The Kier molecular flexibility index (Phi) is 6.66. The molecule has 1 saturated carbocycles. The van der Waals surface area contributed by atoms with E-state index in [1.165, 1.54) is 12.1 Å². The van der Waals surface area contributed by atoms with Crippen LogP contribution < -0.4 is 5.73 Å². The Morgan fingerprint density at radius 2 is 1.79 bits per heavy atom. The highest BCUT2D eigenvalue weighted by Gasteiger charge is 2.36. The van der Waals surface area contributed by atoms with Crippen LogP contribution in [0.15, 0.2) is 24.3 Å². The van der Waals surface area contributed by atoms with Crippen LogP contribution >= 0.6 is 0 Å². The minimum absolute atomic E-state index is 0.0396. The minimum atomic E-state index is -4.39. The number of nitrogens with two attached hydrogens (primary N) is 1. The number of benzene rings is 1. The van der Waals surface area contributed by atoms with E-state index < -0.39 is 11.7 Å². The Labute approximate surface area is 141 Å². The molecule has 0 saturated heterocycles. The normalized spacial score (nSPS) is 14.7. The molecule has 1 aromatic rings. The average molecular weight is 342 g/mol. The second-order valence-electron chi connectivity index (χ2n) is 6.36. The third kappa shape index (κ3) is 5.51. The number of hydrogen-bond donors (Lipinski definition) is 1. The molecule has 6 heteroatoms. The van der Waals surface area contributed by atoms with Gasteiger partial charge in [-0.05, 0) is 43.9 Å². The van der Waals surface area contributed by atoms with Gasteiger partial charge in [0.25, 0.3) is 0 Å². The van der Waals surface area contributed by atoms with Gasteiger partial charge >= 0.3 is 6.18 Å². The third-order valence-corrected chi connectivity index (χ3v) is 4.32. The van der Waals surface area contributed by atoms with E-state index in [4.69, 9.17) is 5.73 Å². The monoisotopic (exact) mass is 342 g/mol. The fourth-order valence-electron chi connectivity index (χ4n) is 2.84. The molecular weight excluding hydrogens is 317 g/mol.